The fourth-order valence-electron chi connectivity index (χ4n) is 2.91. The minimum Gasteiger partial charge on any atom is -0.370 e. The summed E-state index contributed by atoms with van der Waals surface area (Å²) < 4.78 is 0. The summed E-state index contributed by atoms with van der Waals surface area (Å²) in [4.78, 5) is 6.70. The van der Waals surface area contributed by atoms with E-state index in [-0.39, 0.29) is 5.54 Å². The highest BCUT2D eigenvalue weighted by Crippen LogP contribution is 2.34. The second kappa shape index (κ2) is 5.24. The monoisotopic (exact) mass is 279 g/mol. The zero-order valence-corrected chi connectivity index (χ0v) is 12.6. The number of nitrogens with two attached hydrogens (primary N) is 1. The molecule has 1 heterocycles. The van der Waals surface area contributed by atoms with Crippen molar-refractivity contribution in [3.8, 4) is 0 Å². The molecule has 0 fully saturated rings. The third-order valence-corrected chi connectivity index (χ3v) is 4.24. The van der Waals surface area contributed by atoms with Gasteiger partial charge in [0.25, 0.3) is 0 Å². The molecule has 2 N–H and O–H groups in total. The van der Waals surface area contributed by atoms with E-state index < -0.39 is 0 Å². The summed E-state index contributed by atoms with van der Waals surface area (Å²) in [5.41, 5.74) is 9.75. The summed E-state index contributed by atoms with van der Waals surface area (Å²) in [5, 5.41) is 0. The standard InChI is InChI=1S/C18H21N3/c1-14-7-6-10-16(11-14)18(2)13-20-17(19)21(18)12-15-8-4-3-5-9-15/h3-11H,12-13H2,1-2H3,(H2,19,20). The van der Waals surface area contributed by atoms with Gasteiger partial charge in [0.1, 0.15) is 0 Å². The lowest BCUT2D eigenvalue weighted by atomic mass is 9.89. The quantitative estimate of drug-likeness (QED) is 0.938. The van der Waals surface area contributed by atoms with E-state index in [1.165, 1.54) is 16.7 Å². The Morgan fingerprint density at radius 3 is 2.62 bits per heavy atom. The molecule has 3 rings (SSSR count). The van der Waals surface area contributed by atoms with Crippen molar-refractivity contribution in [1.29, 1.82) is 0 Å². The molecule has 0 saturated heterocycles. The van der Waals surface area contributed by atoms with Crippen LogP contribution in [0.5, 0.6) is 0 Å². The Morgan fingerprint density at radius 1 is 1.14 bits per heavy atom. The molecule has 3 nitrogen and oxygen atoms in total. The molecule has 0 spiro atoms. The average molecular weight is 279 g/mol. The Hall–Kier alpha value is -2.29. The molecule has 0 radical (unpaired) electrons. The molecule has 0 aromatic heterocycles. The Kier molecular flexibility index (Phi) is 3.42. The van der Waals surface area contributed by atoms with Crippen LogP contribution in [0.25, 0.3) is 0 Å². The summed E-state index contributed by atoms with van der Waals surface area (Å²) in [5.74, 6) is 0.628. The number of guanidine groups is 1. The normalized spacial score (nSPS) is 21.4. The number of aliphatic imine (C=N–C) groups is 1. The summed E-state index contributed by atoms with van der Waals surface area (Å²) in [7, 11) is 0. The molecule has 3 heteroatoms. The minimum atomic E-state index is -0.175. The fourth-order valence-corrected chi connectivity index (χ4v) is 2.91. The van der Waals surface area contributed by atoms with Gasteiger partial charge in [-0.15, -0.1) is 0 Å². The van der Waals surface area contributed by atoms with Gasteiger partial charge in [0.2, 0.25) is 0 Å². The minimum absolute atomic E-state index is 0.175. The molecule has 0 aliphatic carbocycles. The van der Waals surface area contributed by atoms with Crippen LogP contribution in [-0.4, -0.2) is 17.4 Å². The van der Waals surface area contributed by atoms with Crippen molar-refractivity contribution in [2.45, 2.75) is 25.9 Å². The fraction of sp³-hybridized carbons (Fsp3) is 0.278. The van der Waals surface area contributed by atoms with Gasteiger partial charge in [0.05, 0.1) is 12.1 Å². The maximum atomic E-state index is 6.15. The van der Waals surface area contributed by atoms with Gasteiger partial charge in [-0.25, -0.2) is 0 Å². The molecule has 1 aliphatic rings. The van der Waals surface area contributed by atoms with Crippen LogP contribution in [-0.2, 0) is 12.1 Å². The summed E-state index contributed by atoms with van der Waals surface area (Å²) in [6.07, 6.45) is 0. The molecule has 0 amide bonds. The maximum absolute atomic E-state index is 6.15. The van der Waals surface area contributed by atoms with Crippen molar-refractivity contribution in [1.82, 2.24) is 4.90 Å². The Bertz CT molecular complexity index is 663. The largest absolute Gasteiger partial charge is 0.370 e. The predicted octanol–water partition coefficient (Wildman–Crippen LogP) is 3.04. The third-order valence-electron chi connectivity index (χ3n) is 4.24. The van der Waals surface area contributed by atoms with E-state index in [4.69, 9.17) is 5.73 Å². The van der Waals surface area contributed by atoms with Crippen LogP contribution < -0.4 is 5.73 Å². The highest BCUT2D eigenvalue weighted by Gasteiger charge is 2.39. The van der Waals surface area contributed by atoms with E-state index in [2.05, 4.69) is 72.3 Å². The zero-order chi connectivity index (χ0) is 14.9. The third kappa shape index (κ3) is 2.51. The van der Waals surface area contributed by atoms with E-state index in [1.54, 1.807) is 0 Å². The van der Waals surface area contributed by atoms with Crippen LogP contribution in [0.2, 0.25) is 0 Å². The number of benzene rings is 2. The number of nitrogens with zero attached hydrogens (tertiary/aromatic N) is 2. The van der Waals surface area contributed by atoms with E-state index >= 15 is 0 Å². The Labute approximate surface area is 126 Å². The van der Waals surface area contributed by atoms with Gasteiger partial charge in [0.15, 0.2) is 5.96 Å². The van der Waals surface area contributed by atoms with E-state index in [9.17, 15) is 0 Å². The van der Waals surface area contributed by atoms with Crippen molar-refractivity contribution in [3.05, 3.63) is 71.3 Å². The van der Waals surface area contributed by atoms with Gasteiger partial charge in [-0.2, -0.15) is 0 Å². The second-order valence-electron chi connectivity index (χ2n) is 5.89. The lowest BCUT2D eigenvalue weighted by Crippen LogP contribution is -2.46. The number of aryl methyl sites for hydroxylation is 1. The van der Waals surface area contributed by atoms with Crippen molar-refractivity contribution < 1.29 is 0 Å². The van der Waals surface area contributed by atoms with Crippen LogP contribution in [0.15, 0.2) is 59.6 Å². The molecule has 2 aromatic rings. The Balaban J connectivity index is 1.94. The lowest BCUT2D eigenvalue weighted by molar-refractivity contribution is 0.217. The van der Waals surface area contributed by atoms with Gasteiger partial charge in [0, 0.05) is 6.54 Å². The van der Waals surface area contributed by atoms with Crippen LogP contribution in [0.3, 0.4) is 0 Å². The van der Waals surface area contributed by atoms with Crippen LogP contribution in [0.1, 0.15) is 23.6 Å². The summed E-state index contributed by atoms with van der Waals surface area (Å²) in [6, 6.07) is 19.0. The molecular formula is C18H21N3. The SMILES string of the molecule is Cc1cccc(C2(C)CN=C(N)N2Cc2ccccc2)c1. The van der Waals surface area contributed by atoms with Gasteiger partial charge >= 0.3 is 0 Å². The summed E-state index contributed by atoms with van der Waals surface area (Å²) >= 11 is 0. The highest BCUT2D eigenvalue weighted by atomic mass is 15.3. The topological polar surface area (TPSA) is 41.6 Å². The highest BCUT2D eigenvalue weighted by molar-refractivity contribution is 5.81. The van der Waals surface area contributed by atoms with Crippen molar-refractivity contribution in [2.24, 2.45) is 10.7 Å². The second-order valence-corrected chi connectivity index (χ2v) is 5.89. The van der Waals surface area contributed by atoms with Crippen LogP contribution >= 0.6 is 0 Å². The number of hydrogen-bond acceptors (Lipinski definition) is 3. The molecule has 1 atom stereocenters. The molecule has 21 heavy (non-hydrogen) atoms. The van der Waals surface area contributed by atoms with E-state index in [1.807, 2.05) is 6.07 Å². The first-order valence-corrected chi connectivity index (χ1v) is 7.28. The maximum Gasteiger partial charge on any atom is 0.192 e. The molecule has 0 bridgehead atoms. The smallest absolute Gasteiger partial charge is 0.192 e. The van der Waals surface area contributed by atoms with Crippen LogP contribution in [0.4, 0.5) is 0 Å². The lowest BCUT2D eigenvalue weighted by Gasteiger charge is -2.37. The van der Waals surface area contributed by atoms with Crippen molar-refractivity contribution >= 4 is 5.96 Å². The Morgan fingerprint density at radius 2 is 1.90 bits per heavy atom. The summed E-state index contributed by atoms with van der Waals surface area (Å²) in [6.45, 7) is 5.82. The molecule has 1 unspecified atom stereocenters. The molecular weight excluding hydrogens is 258 g/mol. The number of hydrogen-bond donors (Lipinski definition) is 1. The first kappa shape index (κ1) is 13.7. The van der Waals surface area contributed by atoms with Gasteiger partial charge in [-0.05, 0) is 25.0 Å². The van der Waals surface area contributed by atoms with E-state index in [0.717, 1.165) is 6.54 Å². The van der Waals surface area contributed by atoms with Gasteiger partial charge < -0.3 is 10.6 Å². The van der Waals surface area contributed by atoms with Crippen LogP contribution in [0, 0.1) is 6.92 Å². The molecule has 0 saturated carbocycles. The van der Waals surface area contributed by atoms with Gasteiger partial charge in [-0.3, -0.25) is 4.99 Å². The first-order valence-electron chi connectivity index (χ1n) is 7.28. The molecule has 2 aromatic carbocycles. The molecule has 1 aliphatic heterocycles. The zero-order valence-electron chi connectivity index (χ0n) is 12.6. The predicted molar refractivity (Wildman–Crippen MR) is 87.0 cm³/mol. The molecule has 108 valence electrons. The van der Waals surface area contributed by atoms with Crippen molar-refractivity contribution in [2.75, 3.05) is 6.54 Å². The van der Waals surface area contributed by atoms with Crippen molar-refractivity contribution in [3.63, 3.8) is 0 Å². The number of rotatable bonds is 3. The van der Waals surface area contributed by atoms with E-state index in [0.29, 0.717) is 12.5 Å². The average Bonchev–Trinajstić information content (AvgIpc) is 2.78. The van der Waals surface area contributed by atoms with Gasteiger partial charge in [-0.1, -0.05) is 60.2 Å². The first-order chi connectivity index (χ1) is 10.1.